The minimum atomic E-state index is 0.424. The Kier molecular flexibility index (Phi) is 5.07. The van der Waals surface area contributed by atoms with Gasteiger partial charge in [0, 0.05) is 24.6 Å². The van der Waals surface area contributed by atoms with E-state index in [-0.39, 0.29) is 0 Å². The lowest BCUT2D eigenvalue weighted by Crippen LogP contribution is -2.31. The summed E-state index contributed by atoms with van der Waals surface area (Å²) in [5.41, 5.74) is 3.07. The molecule has 4 heteroatoms. The largest absolute Gasteiger partial charge is 0.383 e. The number of nitrogens with one attached hydrogen (secondary N) is 1. The van der Waals surface area contributed by atoms with Gasteiger partial charge in [0.05, 0.1) is 17.8 Å². The van der Waals surface area contributed by atoms with Crippen LogP contribution in [0.15, 0.2) is 5.51 Å². The van der Waals surface area contributed by atoms with Gasteiger partial charge in [0.15, 0.2) is 0 Å². The molecule has 1 heterocycles. The minimum absolute atomic E-state index is 0.424. The van der Waals surface area contributed by atoms with Gasteiger partial charge in [0.2, 0.25) is 0 Å². The van der Waals surface area contributed by atoms with Crippen molar-refractivity contribution in [2.24, 2.45) is 0 Å². The molecule has 0 amide bonds. The van der Waals surface area contributed by atoms with Crippen LogP contribution < -0.4 is 5.32 Å². The van der Waals surface area contributed by atoms with Crippen molar-refractivity contribution in [1.29, 1.82) is 0 Å². The first-order valence-corrected chi connectivity index (χ1v) is 5.73. The molecule has 0 fully saturated rings. The van der Waals surface area contributed by atoms with E-state index in [4.69, 9.17) is 4.74 Å². The molecule has 0 radical (unpaired) electrons. The molecule has 0 aliphatic heterocycles. The Morgan fingerprint density at radius 1 is 1.64 bits per heavy atom. The van der Waals surface area contributed by atoms with Crippen LogP contribution in [0.1, 0.15) is 17.5 Å². The minimum Gasteiger partial charge on any atom is -0.383 e. The van der Waals surface area contributed by atoms with Crippen molar-refractivity contribution in [3.63, 3.8) is 0 Å². The Balaban J connectivity index is 2.19. The second kappa shape index (κ2) is 6.11. The van der Waals surface area contributed by atoms with Gasteiger partial charge in [-0.3, -0.25) is 0 Å². The molecule has 0 aromatic carbocycles. The van der Waals surface area contributed by atoms with Crippen LogP contribution in [0.5, 0.6) is 0 Å². The Morgan fingerprint density at radius 3 is 3.00 bits per heavy atom. The van der Waals surface area contributed by atoms with E-state index in [2.05, 4.69) is 24.1 Å². The van der Waals surface area contributed by atoms with Crippen molar-refractivity contribution in [2.45, 2.75) is 26.3 Å². The molecule has 3 nitrogen and oxygen atoms in total. The Labute approximate surface area is 89.5 Å². The molecule has 0 bridgehead atoms. The van der Waals surface area contributed by atoms with E-state index in [1.165, 1.54) is 4.88 Å². The predicted octanol–water partition coefficient (Wildman–Crippen LogP) is 1.62. The number of hydrogen-bond acceptors (Lipinski definition) is 4. The summed E-state index contributed by atoms with van der Waals surface area (Å²) in [5, 5.41) is 3.40. The molecule has 80 valence electrons. The molecule has 14 heavy (non-hydrogen) atoms. The molecule has 1 N–H and O–H groups in total. The van der Waals surface area contributed by atoms with Gasteiger partial charge >= 0.3 is 0 Å². The molecular formula is C10H18N2OS. The van der Waals surface area contributed by atoms with Gasteiger partial charge in [0.25, 0.3) is 0 Å². The second-order valence-electron chi connectivity index (χ2n) is 3.42. The van der Waals surface area contributed by atoms with E-state index in [1.54, 1.807) is 18.4 Å². The first-order chi connectivity index (χ1) is 6.74. The fourth-order valence-corrected chi connectivity index (χ4v) is 2.09. The lowest BCUT2D eigenvalue weighted by Gasteiger charge is -2.11. The molecule has 1 aromatic heterocycles. The first-order valence-electron chi connectivity index (χ1n) is 4.85. The van der Waals surface area contributed by atoms with E-state index in [1.807, 2.05) is 5.51 Å². The van der Waals surface area contributed by atoms with Crippen molar-refractivity contribution in [1.82, 2.24) is 10.3 Å². The summed E-state index contributed by atoms with van der Waals surface area (Å²) in [7, 11) is 1.73. The molecule has 0 aliphatic carbocycles. The highest BCUT2D eigenvalue weighted by Gasteiger charge is 2.03. The summed E-state index contributed by atoms with van der Waals surface area (Å²) in [4.78, 5) is 5.59. The van der Waals surface area contributed by atoms with Crippen molar-refractivity contribution in [2.75, 3.05) is 20.3 Å². The lowest BCUT2D eigenvalue weighted by atomic mass is 10.3. The zero-order valence-electron chi connectivity index (χ0n) is 9.04. The summed E-state index contributed by atoms with van der Waals surface area (Å²) >= 11 is 1.73. The van der Waals surface area contributed by atoms with E-state index in [0.717, 1.165) is 25.3 Å². The smallest absolute Gasteiger partial charge is 0.0797 e. The van der Waals surface area contributed by atoms with Crippen molar-refractivity contribution >= 4 is 11.3 Å². The Hall–Kier alpha value is -0.450. The van der Waals surface area contributed by atoms with Crippen LogP contribution in [0.2, 0.25) is 0 Å². The highest BCUT2D eigenvalue weighted by molar-refractivity contribution is 7.09. The number of methoxy groups -OCH3 is 1. The van der Waals surface area contributed by atoms with Gasteiger partial charge in [0.1, 0.15) is 0 Å². The fourth-order valence-electron chi connectivity index (χ4n) is 1.31. The topological polar surface area (TPSA) is 34.1 Å². The Morgan fingerprint density at radius 2 is 2.43 bits per heavy atom. The van der Waals surface area contributed by atoms with Crippen molar-refractivity contribution in [3.05, 3.63) is 16.1 Å². The van der Waals surface area contributed by atoms with Crippen LogP contribution in [-0.4, -0.2) is 31.3 Å². The van der Waals surface area contributed by atoms with Crippen LogP contribution >= 0.6 is 11.3 Å². The summed E-state index contributed by atoms with van der Waals surface area (Å²) in [5.74, 6) is 0. The summed E-state index contributed by atoms with van der Waals surface area (Å²) < 4.78 is 5.04. The molecular weight excluding hydrogens is 196 g/mol. The van der Waals surface area contributed by atoms with Gasteiger partial charge in [-0.25, -0.2) is 4.98 Å². The van der Waals surface area contributed by atoms with Gasteiger partial charge in [-0.15, -0.1) is 11.3 Å². The number of ether oxygens (including phenoxy) is 1. The van der Waals surface area contributed by atoms with Crippen LogP contribution in [0.3, 0.4) is 0 Å². The molecule has 1 unspecified atom stereocenters. The maximum absolute atomic E-state index is 5.04. The van der Waals surface area contributed by atoms with Gasteiger partial charge in [-0.05, 0) is 20.3 Å². The molecule has 1 aromatic rings. The van der Waals surface area contributed by atoms with Crippen molar-refractivity contribution < 1.29 is 4.74 Å². The highest BCUT2D eigenvalue weighted by atomic mass is 32.1. The zero-order chi connectivity index (χ0) is 10.4. The average molecular weight is 214 g/mol. The van der Waals surface area contributed by atoms with E-state index in [9.17, 15) is 0 Å². The SMILES string of the molecule is COCC(C)NCCc1scnc1C. The Bertz CT molecular complexity index is 262. The molecule has 0 aliphatic rings. The molecule has 1 rings (SSSR count). The summed E-state index contributed by atoms with van der Waals surface area (Å²) in [6.45, 7) is 5.95. The maximum atomic E-state index is 5.04. The van der Waals surface area contributed by atoms with Crippen LogP contribution in [0.25, 0.3) is 0 Å². The third kappa shape index (κ3) is 3.74. The number of nitrogens with zero attached hydrogens (tertiary/aromatic N) is 1. The third-order valence-electron chi connectivity index (χ3n) is 2.11. The average Bonchev–Trinajstić information content (AvgIpc) is 2.52. The van der Waals surface area contributed by atoms with Gasteiger partial charge in [-0.2, -0.15) is 0 Å². The second-order valence-corrected chi connectivity index (χ2v) is 4.36. The third-order valence-corrected chi connectivity index (χ3v) is 3.10. The first kappa shape index (κ1) is 11.6. The quantitative estimate of drug-likeness (QED) is 0.781. The van der Waals surface area contributed by atoms with Gasteiger partial charge < -0.3 is 10.1 Å². The monoisotopic (exact) mass is 214 g/mol. The lowest BCUT2D eigenvalue weighted by molar-refractivity contribution is 0.172. The van der Waals surface area contributed by atoms with Crippen LogP contribution in [0.4, 0.5) is 0 Å². The molecule has 0 spiro atoms. The number of aryl methyl sites for hydroxylation is 1. The maximum Gasteiger partial charge on any atom is 0.0797 e. The predicted molar refractivity (Wildman–Crippen MR) is 59.9 cm³/mol. The molecule has 1 atom stereocenters. The fraction of sp³-hybridized carbons (Fsp3) is 0.700. The number of rotatable bonds is 6. The number of thiazole rings is 1. The van der Waals surface area contributed by atoms with E-state index >= 15 is 0 Å². The van der Waals surface area contributed by atoms with E-state index in [0.29, 0.717) is 6.04 Å². The number of hydrogen-bond donors (Lipinski definition) is 1. The normalized spacial score (nSPS) is 13.1. The summed E-state index contributed by atoms with van der Waals surface area (Å²) in [6.07, 6.45) is 1.06. The van der Waals surface area contributed by atoms with Gasteiger partial charge in [-0.1, -0.05) is 0 Å². The zero-order valence-corrected chi connectivity index (χ0v) is 9.86. The standard InChI is InChI=1S/C10H18N2OS/c1-8(6-13-3)11-5-4-10-9(2)12-7-14-10/h7-8,11H,4-6H2,1-3H3. The van der Waals surface area contributed by atoms with Crippen LogP contribution in [0, 0.1) is 6.92 Å². The van der Waals surface area contributed by atoms with Crippen molar-refractivity contribution in [3.8, 4) is 0 Å². The number of aromatic nitrogens is 1. The summed E-state index contributed by atoms with van der Waals surface area (Å²) in [6, 6.07) is 0.424. The highest BCUT2D eigenvalue weighted by Crippen LogP contribution is 2.11. The van der Waals surface area contributed by atoms with Crippen LogP contribution in [-0.2, 0) is 11.2 Å². The molecule has 0 saturated carbocycles. The molecule has 0 saturated heterocycles. The van der Waals surface area contributed by atoms with E-state index < -0.39 is 0 Å².